The maximum absolute atomic E-state index is 11.9. The van der Waals surface area contributed by atoms with Gasteiger partial charge in [-0.15, -0.1) is 11.6 Å². The normalized spacial score (nSPS) is 15.4. The van der Waals surface area contributed by atoms with Crippen LogP contribution in [0.15, 0.2) is 24.3 Å². The Morgan fingerprint density at radius 3 is 2.52 bits per heavy atom. The SMILES string of the molecule is CC(C)(CCl)C(=O)NCc1ccc(N2CCCC2=O)cc1. The lowest BCUT2D eigenvalue weighted by molar-refractivity contribution is -0.128. The van der Waals surface area contributed by atoms with Crippen molar-refractivity contribution in [3.05, 3.63) is 29.8 Å². The van der Waals surface area contributed by atoms with E-state index in [2.05, 4.69) is 5.32 Å². The lowest BCUT2D eigenvalue weighted by atomic mass is 9.95. The van der Waals surface area contributed by atoms with Crippen molar-refractivity contribution >= 4 is 29.1 Å². The summed E-state index contributed by atoms with van der Waals surface area (Å²) in [4.78, 5) is 25.4. The smallest absolute Gasteiger partial charge is 0.227 e. The number of nitrogens with zero attached hydrogens (tertiary/aromatic N) is 1. The molecule has 0 radical (unpaired) electrons. The molecule has 1 saturated heterocycles. The van der Waals surface area contributed by atoms with Crippen LogP contribution in [0.1, 0.15) is 32.3 Å². The molecule has 0 unspecified atom stereocenters. The Hall–Kier alpha value is -1.55. The van der Waals surface area contributed by atoms with Crippen molar-refractivity contribution in [2.45, 2.75) is 33.2 Å². The Bertz CT molecular complexity index is 526. The fourth-order valence-corrected chi connectivity index (χ4v) is 2.32. The Labute approximate surface area is 130 Å². The number of halogens is 1. The molecule has 0 atom stereocenters. The Balaban J connectivity index is 1.94. The predicted octanol–water partition coefficient (Wildman–Crippen LogP) is 2.69. The standard InChI is InChI=1S/C16H21ClN2O2/c1-16(2,11-17)15(21)18-10-12-5-7-13(8-6-12)19-9-3-4-14(19)20/h5-8H,3-4,9-11H2,1-2H3,(H,18,21). The van der Waals surface area contributed by atoms with Gasteiger partial charge in [-0.2, -0.15) is 0 Å². The molecule has 1 fully saturated rings. The topological polar surface area (TPSA) is 49.4 Å². The molecule has 0 aromatic heterocycles. The Morgan fingerprint density at radius 2 is 2.00 bits per heavy atom. The summed E-state index contributed by atoms with van der Waals surface area (Å²) < 4.78 is 0. The maximum atomic E-state index is 11.9. The van der Waals surface area contributed by atoms with Crippen molar-refractivity contribution in [1.29, 1.82) is 0 Å². The number of alkyl halides is 1. The molecule has 0 aliphatic carbocycles. The van der Waals surface area contributed by atoms with Crippen molar-refractivity contribution in [2.24, 2.45) is 5.41 Å². The first-order chi connectivity index (χ1) is 9.94. The van der Waals surface area contributed by atoms with E-state index in [4.69, 9.17) is 11.6 Å². The molecule has 1 aromatic rings. The lowest BCUT2D eigenvalue weighted by Gasteiger charge is -2.20. The van der Waals surface area contributed by atoms with Gasteiger partial charge in [0, 0.05) is 31.1 Å². The summed E-state index contributed by atoms with van der Waals surface area (Å²) in [5, 5.41) is 2.88. The van der Waals surface area contributed by atoms with E-state index >= 15 is 0 Å². The van der Waals surface area contributed by atoms with E-state index in [1.165, 1.54) is 0 Å². The molecule has 1 aliphatic rings. The molecule has 5 heteroatoms. The van der Waals surface area contributed by atoms with Crippen molar-refractivity contribution in [2.75, 3.05) is 17.3 Å². The van der Waals surface area contributed by atoms with Gasteiger partial charge in [0.05, 0.1) is 5.41 Å². The molecule has 0 bridgehead atoms. The lowest BCUT2D eigenvalue weighted by Crippen LogP contribution is -2.37. The minimum Gasteiger partial charge on any atom is -0.352 e. The van der Waals surface area contributed by atoms with Crippen LogP contribution in [-0.4, -0.2) is 24.2 Å². The van der Waals surface area contributed by atoms with Gasteiger partial charge in [-0.05, 0) is 38.0 Å². The summed E-state index contributed by atoms with van der Waals surface area (Å²) in [6.45, 7) is 4.89. The highest BCUT2D eigenvalue weighted by atomic mass is 35.5. The third-order valence-corrected chi connectivity index (χ3v) is 4.39. The molecule has 0 spiro atoms. The van der Waals surface area contributed by atoms with Gasteiger partial charge in [0.15, 0.2) is 0 Å². The summed E-state index contributed by atoms with van der Waals surface area (Å²) in [6, 6.07) is 7.73. The number of hydrogen-bond donors (Lipinski definition) is 1. The van der Waals surface area contributed by atoms with Gasteiger partial charge in [0.1, 0.15) is 0 Å². The second-order valence-electron chi connectivity index (χ2n) is 6.02. The van der Waals surface area contributed by atoms with Gasteiger partial charge < -0.3 is 10.2 Å². The van der Waals surface area contributed by atoms with Gasteiger partial charge in [-0.25, -0.2) is 0 Å². The highest BCUT2D eigenvalue weighted by molar-refractivity contribution is 6.19. The molecule has 114 valence electrons. The highest BCUT2D eigenvalue weighted by Crippen LogP contribution is 2.22. The molecule has 1 aliphatic heterocycles. The number of carbonyl (C=O) groups excluding carboxylic acids is 2. The summed E-state index contributed by atoms with van der Waals surface area (Å²) in [5.41, 5.74) is 1.36. The van der Waals surface area contributed by atoms with Crippen LogP contribution in [0.2, 0.25) is 0 Å². The average molecular weight is 309 g/mol. The van der Waals surface area contributed by atoms with Crippen molar-refractivity contribution in [3.63, 3.8) is 0 Å². The second-order valence-corrected chi connectivity index (χ2v) is 6.28. The van der Waals surface area contributed by atoms with Crippen molar-refractivity contribution in [3.8, 4) is 0 Å². The minimum atomic E-state index is -0.566. The fraction of sp³-hybridized carbons (Fsp3) is 0.500. The summed E-state index contributed by atoms with van der Waals surface area (Å²) >= 11 is 5.78. The predicted molar refractivity (Wildman–Crippen MR) is 84.4 cm³/mol. The molecule has 0 saturated carbocycles. The van der Waals surface area contributed by atoms with E-state index in [1.54, 1.807) is 4.90 Å². The van der Waals surface area contributed by atoms with E-state index in [0.717, 1.165) is 24.2 Å². The van der Waals surface area contributed by atoms with Crippen molar-refractivity contribution in [1.82, 2.24) is 5.32 Å². The van der Waals surface area contributed by atoms with E-state index in [1.807, 2.05) is 38.1 Å². The molecule has 2 rings (SSSR count). The average Bonchev–Trinajstić information content (AvgIpc) is 2.91. The van der Waals surface area contributed by atoms with Crippen LogP contribution < -0.4 is 10.2 Å². The zero-order chi connectivity index (χ0) is 15.5. The van der Waals surface area contributed by atoms with Crippen LogP contribution in [0.5, 0.6) is 0 Å². The van der Waals surface area contributed by atoms with Gasteiger partial charge in [-0.3, -0.25) is 9.59 Å². The molecular formula is C16H21ClN2O2. The fourth-order valence-electron chi connectivity index (χ4n) is 2.20. The largest absolute Gasteiger partial charge is 0.352 e. The molecule has 1 N–H and O–H groups in total. The number of benzene rings is 1. The third kappa shape index (κ3) is 3.76. The van der Waals surface area contributed by atoms with E-state index in [9.17, 15) is 9.59 Å². The third-order valence-electron chi connectivity index (χ3n) is 3.72. The molecule has 1 heterocycles. The number of amides is 2. The van der Waals surface area contributed by atoms with Crippen LogP contribution in [0.3, 0.4) is 0 Å². The first-order valence-electron chi connectivity index (χ1n) is 7.17. The number of anilines is 1. The summed E-state index contributed by atoms with van der Waals surface area (Å²) in [5.74, 6) is 0.408. The van der Waals surface area contributed by atoms with Crippen LogP contribution >= 0.6 is 11.6 Å². The minimum absolute atomic E-state index is 0.0590. The van der Waals surface area contributed by atoms with Gasteiger partial charge >= 0.3 is 0 Å². The van der Waals surface area contributed by atoms with Gasteiger partial charge in [0.2, 0.25) is 11.8 Å². The summed E-state index contributed by atoms with van der Waals surface area (Å²) in [7, 11) is 0. The first kappa shape index (κ1) is 15.8. The van der Waals surface area contributed by atoms with Crippen LogP contribution in [0.25, 0.3) is 0 Å². The summed E-state index contributed by atoms with van der Waals surface area (Å²) in [6.07, 6.45) is 1.55. The molecule has 1 aromatic carbocycles. The number of carbonyl (C=O) groups is 2. The molecule has 2 amide bonds. The van der Waals surface area contributed by atoms with Crippen LogP contribution in [0, 0.1) is 5.41 Å². The van der Waals surface area contributed by atoms with Crippen LogP contribution in [0.4, 0.5) is 5.69 Å². The first-order valence-corrected chi connectivity index (χ1v) is 7.71. The van der Waals surface area contributed by atoms with E-state index in [0.29, 0.717) is 13.0 Å². The van der Waals surface area contributed by atoms with Gasteiger partial charge in [-0.1, -0.05) is 12.1 Å². The molecular weight excluding hydrogens is 288 g/mol. The molecule has 4 nitrogen and oxygen atoms in total. The number of hydrogen-bond acceptors (Lipinski definition) is 2. The monoisotopic (exact) mass is 308 g/mol. The Kier molecular flexibility index (Phi) is 4.88. The zero-order valence-corrected chi connectivity index (χ0v) is 13.2. The zero-order valence-electron chi connectivity index (χ0n) is 12.5. The maximum Gasteiger partial charge on any atom is 0.227 e. The van der Waals surface area contributed by atoms with Gasteiger partial charge in [0.25, 0.3) is 0 Å². The second kappa shape index (κ2) is 6.48. The van der Waals surface area contributed by atoms with Crippen LogP contribution in [-0.2, 0) is 16.1 Å². The molecule has 21 heavy (non-hydrogen) atoms. The van der Waals surface area contributed by atoms with Crippen molar-refractivity contribution < 1.29 is 9.59 Å². The van der Waals surface area contributed by atoms with E-state index < -0.39 is 5.41 Å². The highest BCUT2D eigenvalue weighted by Gasteiger charge is 2.26. The Morgan fingerprint density at radius 1 is 1.33 bits per heavy atom. The number of nitrogens with one attached hydrogen (secondary N) is 1. The number of rotatable bonds is 5. The van der Waals surface area contributed by atoms with E-state index in [-0.39, 0.29) is 17.7 Å². The quantitative estimate of drug-likeness (QED) is 0.850.